The minimum Gasteiger partial charge on any atom is -0.494 e. The molecular weight excluding hydrogens is 913 g/mol. The van der Waals surface area contributed by atoms with E-state index in [0.29, 0.717) is 63.0 Å². The van der Waals surface area contributed by atoms with Crippen LogP contribution in [0, 0.1) is 0 Å². The molecule has 4 aromatic carbocycles. The van der Waals surface area contributed by atoms with Crippen molar-refractivity contribution in [2.75, 3.05) is 27.4 Å². The first-order valence-electron chi connectivity index (χ1n) is 21.8. The normalized spacial score (nSPS) is 11.2. The fourth-order valence-corrected chi connectivity index (χ4v) is 6.34. The Morgan fingerprint density at radius 1 is 0.559 bits per heavy atom. The lowest BCUT2D eigenvalue weighted by molar-refractivity contribution is -0.000267. The molecule has 360 valence electrons. The predicted octanol–water partition coefficient (Wildman–Crippen LogP) is 11.5. The molecule has 0 fully saturated rings. The fourth-order valence-electron chi connectivity index (χ4n) is 5.94. The molecule has 0 saturated carbocycles. The Kier molecular flexibility index (Phi) is 18.4. The fraction of sp³-hybridized carbons (Fsp3) is 0.360. The molecule has 1 N–H and O–H groups in total. The highest BCUT2D eigenvalue weighted by Crippen LogP contribution is 2.32. The summed E-state index contributed by atoms with van der Waals surface area (Å²) in [6.45, 7) is 15.5. The van der Waals surface area contributed by atoms with Gasteiger partial charge < -0.3 is 33.5 Å². The molecule has 16 nitrogen and oxygen atoms in total. The number of imide groups is 1. The summed E-state index contributed by atoms with van der Waals surface area (Å²) in [5.74, 6) is 3.01. The van der Waals surface area contributed by atoms with Gasteiger partial charge in [-0.05, 0) is 138 Å². The zero-order valence-electron chi connectivity index (χ0n) is 39.9. The van der Waals surface area contributed by atoms with E-state index >= 15 is 0 Å². The number of nitrogens with zero attached hydrogens (tertiary/aromatic N) is 7. The third-order valence-corrected chi connectivity index (χ3v) is 9.72. The Hall–Kier alpha value is -6.62. The third kappa shape index (κ3) is 15.2. The first-order chi connectivity index (χ1) is 32.3. The summed E-state index contributed by atoms with van der Waals surface area (Å²) in [7, 11) is 2.96. The van der Waals surface area contributed by atoms with Crippen molar-refractivity contribution in [3.8, 4) is 69.1 Å². The van der Waals surface area contributed by atoms with Crippen LogP contribution in [0.15, 0.2) is 84.9 Å². The van der Waals surface area contributed by atoms with E-state index in [2.05, 4.69) is 36.8 Å². The summed E-state index contributed by atoms with van der Waals surface area (Å²) in [4.78, 5) is 53.5. The highest BCUT2D eigenvalue weighted by molar-refractivity contribution is 6.33. The molecule has 0 aliphatic heterocycles. The molecule has 2 aromatic heterocycles. The Labute approximate surface area is 407 Å². The van der Waals surface area contributed by atoms with Crippen LogP contribution in [0.3, 0.4) is 0 Å². The van der Waals surface area contributed by atoms with Crippen LogP contribution in [-0.4, -0.2) is 90.7 Å². The molecule has 0 atom stereocenters. The zero-order valence-corrected chi connectivity index (χ0v) is 41.4. The van der Waals surface area contributed by atoms with Crippen molar-refractivity contribution < 1.29 is 43.1 Å². The Balaban J connectivity index is 0.000000276. The molecule has 0 aliphatic rings. The molecule has 0 bridgehead atoms. The topological polar surface area (TPSA) is 190 Å². The molecule has 0 spiro atoms. The van der Waals surface area contributed by atoms with Crippen molar-refractivity contribution in [3.05, 3.63) is 106 Å². The maximum atomic E-state index is 13.0. The van der Waals surface area contributed by atoms with E-state index in [4.69, 9.17) is 51.6 Å². The largest absolute Gasteiger partial charge is 0.494 e. The number of hydrogen-bond donors (Lipinski definition) is 1. The van der Waals surface area contributed by atoms with Gasteiger partial charge in [-0.1, -0.05) is 49.2 Å². The van der Waals surface area contributed by atoms with Crippen LogP contribution < -0.4 is 18.9 Å². The van der Waals surface area contributed by atoms with Crippen LogP contribution in [-0.2, 0) is 22.6 Å². The van der Waals surface area contributed by atoms with Gasteiger partial charge >= 0.3 is 24.2 Å². The van der Waals surface area contributed by atoms with Gasteiger partial charge in [-0.3, -0.25) is 0 Å². The van der Waals surface area contributed by atoms with Crippen LogP contribution >= 0.6 is 23.2 Å². The summed E-state index contributed by atoms with van der Waals surface area (Å²) in [6.07, 6.45) is 0.184. The molecule has 0 aliphatic carbocycles. The van der Waals surface area contributed by atoms with Gasteiger partial charge in [0, 0.05) is 22.3 Å². The number of halogens is 2. The minimum atomic E-state index is -0.835. The second-order valence-corrected chi connectivity index (χ2v) is 17.8. The molecule has 6 aromatic rings. The van der Waals surface area contributed by atoms with Gasteiger partial charge in [0.15, 0.2) is 23.3 Å². The molecular formula is C50H57Cl2N7O9. The number of benzene rings is 4. The first kappa shape index (κ1) is 52.4. The number of aromatic nitrogens is 6. The number of hydrogen-bond acceptors (Lipinski definition) is 15. The van der Waals surface area contributed by atoms with E-state index in [1.54, 1.807) is 77.9 Å². The monoisotopic (exact) mass is 969 g/mol. The molecule has 0 radical (unpaired) electrons. The van der Waals surface area contributed by atoms with Crippen molar-refractivity contribution in [2.45, 2.75) is 92.6 Å². The van der Waals surface area contributed by atoms with Gasteiger partial charge in [0.1, 0.15) is 22.7 Å². The van der Waals surface area contributed by atoms with Crippen LogP contribution in [0.2, 0.25) is 10.0 Å². The number of ether oxygens (including phenoxy) is 6. The van der Waals surface area contributed by atoms with Crippen LogP contribution in [0.1, 0.15) is 79.4 Å². The minimum absolute atomic E-state index is 0.0987. The molecule has 6 rings (SSSR count). The maximum Gasteiger partial charge on any atom is 0.420 e. The number of rotatable bonds is 15. The van der Waals surface area contributed by atoms with Gasteiger partial charge in [-0.15, -0.1) is 0 Å². The van der Waals surface area contributed by atoms with E-state index in [1.807, 2.05) is 55.5 Å². The van der Waals surface area contributed by atoms with Crippen LogP contribution in [0.5, 0.6) is 23.5 Å². The summed E-state index contributed by atoms with van der Waals surface area (Å²) < 4.78 is 32.8. The highest BCUT2D eigenvalue weighted by atomic mass is 35.5. The van der Waals surface area contributed by atoms with E-state index in [0.717, 1.165) is 40.4 Å². The second-order valence-electron chi connectivity index (χ2n) is 17.0. The smallest absolute Gasteiger partial charge is 0.420 e. The van der Waals surface area contributed by atoms with E-state index in [9.17, 15) is 14.7 Å². The van der Waals surface area contributed by atoms with Crippen LogP contribution in [0.4, 0.5) is 9.59 Å². The second kappa shape index (κ2) is 23.9. The van der Waals surface area contributed by atoms with E-state index in [1.165, 1.54) is 14.2 Å². The molecule has 2 amide bonds. The average Bonchev–Trinajstić information content (AvgIpc) is 3.31. The standard InChI is InChI=1S/C30H37ClN4O6.C20H20ClN3O3/c1-9-16-39-21-13-11-20(12-14-21)24-32-25(34-26(33-24)38-8)22-17-19(10-15-23(22)31)18-35(27(36)40-29(2,3)4)28(37)41-30(5,6)7;1-3-10-27-15-7-5-14(6-8-15)18-22-19(24-20(23-18)26-2)16-11-13(12-25)4-9-17(16)21/h10-15,17H,9,16,18H2,1-8H3;4-9,11,25H,3,10,12H2,1-2H3. The number of aliphatic hydroxyl groups is 1. The summed E-state index contributed by atoms with van der Waals surface area (Å²) in [5.41, 5.74) is 2.24. The quantitative estimate of drug-likeness (QED) is 0.102. The van der Waals surface area contributed by atoms with Crippen molar-refractivity contribution >= 4 is 35.4 Å². The van der Waals surface area contributed by atoms with Crippen molar-refractivity contribution in [3.63, 3.8) is 0 Å². The van der Waals surface area contributed by atoms with Gasteiger partial charge in [0.25, 0.3) is 0 Å². The summed E-state index contributed by atoms with van der Waals surface area (Å²) >= 11 is 12.9. The van der Waals surface area contributed by atoms with E-state index in [-0.39, 0.29) is 31.0 Å². The Bertz CT molecular complexity index is 2610. The summed E-state index contributed by atoms with van der Waals surface area (Å²) in [5, 5.41) is 10.2. The highest BCUT2D eigenvalue weighted by Gasteiger charge is 2.31. The lowest BCUT2D eigenvalue weighted by Gasteiger charge is -2.28. The lowest BCUT2D eigenvalue weighted by Crippen LogP contribution is -2.43. The third-order valence-electron chi connectivity index (χ3n) is 9.06. The number of amides is 2. The van der Waals surface area contributed by atoms with Gasteiger partial charge in [-0.2, -0.15) is 19.9 Å². The molecule has 0 unspecified atom stereocenters. The molecule has 0 saturated heterocycles. The maximum absolute atomic E-state index is 13.0. The van der Waals surface area contributed by atoms with Gasteiger partial charge in [0.05, 0.1) is 50.6 Å². The predicted molar refractivity (Wildman–Crippen MR) is 260 cm³/mol. The Morgan fingerprint density at radius 3 is 1.31 bits per heavy atom. The van der Waals surface area contributed by atoms with Crippen molar-refractivity contribution in [1.29, 1.82) is 0 Å². The first-order valence-corrected chi connectivity index (χ1v) is 22.6. The van der Waals surface area contributed by atoms with Gasteiger partial charge in [-0.25, -0.2) is 24.5 Å². The number of aliphatic hydroxyl groups excluding tert-OH is 1. The zero-order chi connectivity index (χ0) is 49.6. The van der Waals surface area contributed by atoms with Crippen LogP contribution in [0.25, 0.3) is 45.6 Å². The average molecular weight is 971 g/mol. The van der Waals surface area contributed by atoms with Crippen molar-refractivity contribution in [1.82, 2.24) is 34.8 Å². The molecule has 68 heavy (non-hydrogen) atoms. The number of carbonyl (C=O) groups is 2. The van der Waals surface area contributed by atoms with E-state index < -0.39 is 23.4 Å². The van der Waals surface area contributed by atoms with Gasteiger partial charge in [0.2, 0.25) is 0 Å². The lowest BCUT2D eigenvalue weighted by atomic mass is 10.1. The molecule has 2 heterocycles. The molecule has 18 heteroatoms. The number of carbonyl (C=O) groups excluding carboxylic acids is 2. The SMILES string of the molecule is CCCOc1ccc(-c2nc(OC)nc(-c3cc(CN(C(=O)OC(C)(C)C)C(=O)OC(C)(C)C)ccc3Cl)n2)cc1.CCCOc1ccc(-c2nc(OC)nc(-c3cc(CO)ccc3Cl)n2)cc1. The number of methoxy groups -OCH3 is 2. The summed E-state index contributed by atoms with van der Waals surface area (Å²) in [6, 6.07) is 25.4. The Morgan fingerprint density at radius 2 is 0.941 bits per heavy atom. The van der Waals surface area contributed by atoms with Crippen molar-refractivity contribution in [2.24, 2.45) is 0 Å².